The van der Waals surface area contributed by atoms with Gasteiger partial charge >= 0.3 is 5.97 Å². The molecule has 1 atom stereocenters. The molecule has 1 aromatic heterocycles. The minimum absolute atomic E-state index is 0.0329. The molecule has 1 fully saturated rings. The fourth-order valence-electron chi connectivity index (χ4n) is 3.33. The minimum Gasteiger partial charge on any atom is -0.481 e. The molecule has 0 radical (unpaired) electrons. The number of aromatic nitrogens is 1. The lowest BCUT2D eigenvalue weighted by atomic mass is 10.0. The van der Waals surface area contributed by atoms with E-state index in [1.165, 1.54) is 0 Å². The Morgan fingerprint density at radius 3 is 2.54 bits per heavy atom. The monoisotopic (exact) mass is 348 g/mol. The van der Waals surface area contributed by atoms with Gasteiger partial charge in [0.05, 0.1) is 6.42 Å². The van der Waals surface area contributed by atoms with Crippen LogP contribution in [-0.2, 0) is 4.79 Å². The summed E-state index contributed by atoms with van der Waals surface area (Å²) in [5.74, 6) is -0.851. The zero-order valence-electron chi connectivity index (χ0n) is 14.2. The molecule has 5 nitrogen and oxygen atoms in total. The van der Waals surface area contributed by atoms with Crippen molar-refractivity contribution in [3.05, 3.63) is 60.3 Å². The molecule has 1 heterocycles. The summed E-state index contributed by atoms with van der Waals surface area (Å²) in [6.45, 7) is 0. The van der Waals surface area contributed by atoms with Crippen molar-refractivity contribution in [3.63, 3.8) is 0 Å². The van der Waals surface area contributed by atoms with Gasteiger partial charge in [0.2, 0.25) is 0 Å². The first-order valence-corrected chi connectivity index (χ1v) is 8.81. The van der Waals surface area contributed by atoms with E-state index < -0.39 is 5.97 Å². The zero-order chi connectivity index (χ0) is 18.1. The minimum atomic E-state index is -0.883. The van der Waals surface area contributed by atoms with E-state index in [4.69, 9.17) is 5.11 Å². The van der Waals surface area contributed by atoms with Gasteiger partial charge in [-0.25, -0.2) is 0 Å². The van der Waals surface area contributed by atoms with Crippen molar-refractivity contribution >= 4 is 22.8 Å². The van der Waals surface area contributed by atoms with Gasteiger partial charge in [0.15, 0.2) is 0 Å². The molecule has 0 aliphatic heterocycles. The third-order valence-electron chi connectivity index (χ3n) is 4.87. The van der Waals surface area contributed by atoms with Crippen LogP contribution in [0.25, 0.3) is 22.0 Å². The second-order valence-corrected chi connectivity index (χ2v) is 6.87. The number of amides is 1. The van der Waals surface area contributed by atoms with Gasteiger partial charge < -0.3 is 15.4 Å². The van der Waals surface area contributed by atoms with E-state index in [0.717, 1.165) is 34.9 Å². The number of rotatable bonds is 6. The molecule has 0 bridgehead atoms. The van der Waals surface area contributed by atoms with Gasteiger partial charge in [0.1, 0.15) is 5.69 Å². The van der Waals surface area contributed by atoms with Gasteiger partial charge in [-0.15, -0.1) is 0 Å². The molecule has 26 heavy (non-hydrogen) atoms. The second kappa shape index (κ2) is 6.67. The van der Waals surface area contributed by atoms with Crippen LogP contribution in [0.1, 0.15) is 29.8 Å². The average molecular weight is 348 g/mol. The molecule has 4 rings (SSSR count). The van der Waals surface area contributed by atoms with Crippen LogP contribution in [0.15, 0.2) is 54.6 Å². The van der Waals surface area contributed by atoms with Crippen LogP contribution in [0, 0.1) is 5.92 Å². The molecule has 5 heteroatoms. The molecule has 3 N–H and O–H groups in total. The highest BCUT2D eigenvalue weighted by Gasteiger charge is 2.34. The van der Waals surface area contributed by atoms with Crippen molar-refractivity contribution in [3.8, 4) is 11.1 Å². The highest BCUT2D eigenvalue weighted by molar-refractivity contribution is 5.99. The Labute approximate surface area is 151 Å². The Morgan fingerprint density at radius 2 is 1.85 bits per heavy atom. The fourth-order valence-corrected chi connectivity index (χ4v) is 3.33. The lowest BCUT2D eigenvalue weighted by Gasteiger charge is -2.15. The summed E-state index contributed by atoms with van der Waals surface area (Å²) in [6, 6.07) is 17.6. The SMILES string of the molecule is O=C(O)CC(NC(=O)c1cc2cc(-c3ccccc3)ccc2[nH]1)C1CC1. The van der Waals surface area contributed by atoms with E-state index in [9.17, 15) is 9.59 Å². The molecular weight excluding hydrogens is 328 g/mol. The van der Waals surface area contributed by atoms with Crippen LogP contribution in [0.2, 0.25) is 0 Å². The molecule has 1 amide bonds. The van der Waals surface area contributed by atoms with Crippen LogP contribution >= 0.6 is 0 Å². The number of hydrogen-bond acceptors (Lipinski definition) is 2. The van der Waals surface area contributed by atoms with E-state index in [-0.39, 0.29) is 24.3 Å². The first kappa shape index (κ1) is 16.4. The summed E-state index contributed by atoms with van der Waals surface area (Å²) in [6.07, 6.45) is 1.92. The first-order valence-electron chi connectivity index (χ1n) is 8.81. The number of benzene rings is 2. The maximum Gasteiger partial charge on any atom is 0.305 e. The summed E-state index contributed by atoms with van der Waals surface area (Å²) in [5, 5.41) is 12.9. The van der Waals surface area contributed by atoms with Crippen molar-refractivity contribution in [2.45, 2.75) is 25.3 Å². The zero-order valence-corrected chi connectivity index (χ0v) is 14.2. The number of fused-ring (bicyclic) bond motifs is 1. The van der Waals surface area contributed by atoms with Gasteiger partial charge in [-0.3, -0.25) is 9.59 Å². The molecule has 1 saturated carbocycles. The Hall–Kier alpha value is -3.08. The van der Waals surface area contributed by atoms with Crippen molar-refractivity contribution in [1.82, 2.24) is 10.3 Å². The largest absolute Gasteiger partial charge is 0.481 e. The van der Waals surface area contributed by atoms with Gasteiger partial charge in [-0.1, -0.05) is 36.4 Å². The van der Waals surface area contributed by atoms with Crippen molar-refractivity contribution < 1.29 is 14.7 Å². The number of H-pyrrole nitrogens is 1. The maximum absolute atomic E-state index is 12.6. The first-order chi connectivity index (χ1) is 12.6. The summed E-state index contributed by atoms with van der Waals surface area (Å²) in [7, 11) is 0. The van der Waals surface area contributed by atoms with Crippen LogP contribution in [0.3, 0.4) is 0 Å². The number of hydrogen-bond donors (Lipinski definition) is 3. The molecule has 3 aromatic rings. The van der Waals surface area contributed by atoms with E-state index in [1.54, 1.807) is 0 Å². The van der Waals surface area contributed by atoms with Crippen LogP contribution in [0.4, 0.5) is 0 Å². The van der Waals surface area contributed by atoms with Crippen LogP contribution in [-0.4, -0.2) is 28.0 Å². The maximum atomic E-state index is 12.6. The summed E-state index contributed by atoms with van der Waals surface area (Å²) in [4.78, 5) is 26.7. The Balaban J connectivity index is 1.56. The summed E-state index contributed by atoms with van der Waals surface area (Å²) in [5.41, 5.74) is 3.56. The molecule has 0 spiro atoms. The predicted molar refractivity (Wildman–Crippen MR) is 100.0 cm³/mol. The van der Waals surface area contributed by atoms with Crippen molar-refractivity contribution in [2.75, 3.05) is 0 Å². The Morgan fingerprint density at radius 1 is 1.08 bits per heavy atom. The molecule has 1 aliphatic carbocycles. The van der Waals surface area contributed by atoms with Crippen LogP contribution < -0.4 is 5.32 Å². The molecule has 1 unspecified atom stereocenters. The highest BCUT2D eigenvalue weighted by Crippen LogP contribution is 2.34. The smallest absolute Gasteiger partial charge is 0.305 e. The topological polar surface area (TPSA) is 82.2 Å². The third-order valence-corrected chi connectivity index (χ3v) is 4.87. The van der Waals surface area contributed by atoms with Gasteiger partial charge in [-0.05, 0) is 48.1 Å². The number of carbonyl (C=O) groups excluding carboxylic acids is 1. The fraction of sp³-hybridized carbons (Fsp3) is 0.238. The number of aromatic amines is 1. The quantitative estimate of drug-likeness (QED) is 0.633. The number of carboxylic acids is 1. The van der Waals surface area contributed by atoms with E-state index in [1.807, 2.05) is 54.6 Å². The number of aliphatic carboxylic acids is 1. The number of carboxylic acid groups (broad SMARTS) is 1. The highest BCUT2D eigenvalue weighted by atomic mass is 16.4. The van der Waals surface area contributed by atoms with Gasteiger partial charge in [0.25, 0.3) is 5.91 Å². The molecule has 1 aliphatic rings. The summed E-state index contributed by atoms with van der Waals surface area (Å²) < 4.78 is 0. The molecule has 0 saturated heterocycles. The second-order valence-electron chi connectivity index (χ2n) is 6.87. The number of nitrogens with one attached hydrogen (secondary N) is 2. The number of carbonyl (C=O) groups is 2. The standard InChI is InChI=1S/C21H20N2O3/c24-20(25)12-18(14-6-7-14)23-21(26)19-11-16-10-15(8-9-17(16)22-19)13-4-2-1-3-5-13/h1-5,8-11,14,18,22H,6-7,12H2,(H,23,26)(H,24,25). The van der Waals surface area contributed by atoms with E-state index in [2.05, 4.69) is 10.3 Å². The average Bonchev–Trinajstić information content (AvgIpc) is 3.39. The lowest BCUT2D eigenvalue weighted by Crippen LogP contribution is -2.38. The van der Waals surface area contributed by atoms with Crippen LogP contribution in [0.5, 0.6) is 0 Å². The van der Waals surface area contributed by atoms with E-state index in [0.29, 0.717) is 5.69 Å². The van der Waals surface area contributed by atoms with Gasteiger partial charge in [0, 0.05) is 16.9 Å². The Bertz CT molecular complexity index is 958. The normalized spacial score (nSPS) is 14.9. The molecule has 132 valence electrons. The third kappa shape index (κ3) is 3.47. The van der Waals surface area contributed by atoms with Gasteiger partial charge in [-0.2, -0.15) is 0 Å². The molecule has 2 aromatic carbocycles. The predicted octanol–water partition coefficient (Wildman–Crippen LogP) is 3.82. The van der Waals surface area contributed by atoms with E-state index >= 15 is 0 Å². The van der Waals surface area contributed by atoms with Crippen molar-refractivity contribution in [2.24, 2.45) is 5.92 Å². The Kier molecular flexibility index (Phi) is 4.21. The van der Waals surface area contributed by atoms with Crippen molar-refractivity contribution in [1.29, 1.82) is 0 Å². The summed E-state index contributed by atoms with van der Waals surface area (Å²) >= 11 is 0. The molecular formula is C21H20N2O3. The lowest BCUT2D eigenvalue weighted by molar-refractivity contribution is -0.137.